The fourth-order valence-electron chi connectivity index (χ4n) is 2.26. The van der Waals surface area contributed by atoms with Crippen LogP contribution in [0.1, 0.15) is 29.9 Å². The quantitative estimate of drug-likeness (QED) is 0.223. The van der Waals surface area contributed by atoms with E-state index >= 15 is 0 Å². The molecule has 1 aromatic carbocycles. The molecule has 25 heavy (non-hydrogen) atoms. The van der Waals surface area contributed by atoms with Crippen molar-refractivity contribution in [3.05, 3.63) is 57.2 Å². The summed E-state index contributed by atoms with van der Waals surface area (Å²) in [4.78, 5) is 5.29. The van der Waals surface area contributed by atoms with Gasteiger partial charge in [-0.25, -0.2) is 0 Å². The Labute approximate surface area is 175 Å². The van der Waals surface area contributed by atoms with E-state index in [1.54, 1.807) is 6.07 Å². The molecule has 2 aromatic rings. The fourth-order valence-corrected chi connectivity index (χ4v) is 3.30. The molecule has 1 unspecified atom stereocenters. The van der Waals surface area contributed by atoms with Crippen molar-refractivity contribution < 1.29 is 5.11 Å². The molecule has 1 atom stereocenters. The largest absolute Gasteiger partial charge is 0.386 e. The predicted molar refractivity (Wildman–Crippen MR) is 118 cm³/mol. The zero-order valence-corrected chi connectivity index (χ0v) is 18.1. The molecule has 0 aliphatic carbocycles. The molecule has 1 aromatic heterocycles. The fraction of sp³-hybridized carbons (Fsp3) is 0.389. The number of nitrogens with one attached hydrogen (secondary N) is 2. The lowest BCUT2D eigenvalue weighted by Crippen LogP contribution is -2.38. The number of aliphatic hydroxyl groups excluding tert-OH is 1. The average molecular weight is 494 g/mol. The van der Waals surface area contributed by atoms with E-state index in [9.17, 15) is 5.11 Å². The van der Waals surface area contributed by atoms with Crippen LogP contribution in [0.5, 0.6) is 0 Å². The monoisotopic (exact) mass is 493 g/mol. The molecule has 4 nitrogen and oxygen atoms in total. The molecule has 0 aliphatic rings. The van der Waals surface area contributed by atoms with Crippen molar-refractivity contribution >= 4 is 52.9 Å². The Morgan fingerprint density at radius 3 is 2.60 bits per heavy atom. The number of aliphatic imine (C=N–C) groups is 1. The number of halogens is 2. The summed E-state index contributed by atoms with van der Waals surface area (Å²) in [5.74, 6) is 0.729. The lowest BCUT2D eigenvalue weighted by atomic mass is 10.1. The molecular weight excluding hydrogens is 469 g/mol. The van der Waals surface area contributed by atoms with Crippen LogP contribution < -0.4 is 10.6 Å². The molecule has 3 N–H and O–H groups in total. The first-order valence-electron chi connectivity index (χ1n) is 8.18. The van der Waals surface area contributed by atoms with Gasteiger partial charge in [-0.3, -0.25) is 4.99 Å². The van der Waals surface area contributed by atoms with Crippen LogP contribution in [0, 0.1) is 0 Å². The molecule has 0 spiro atoms. The SMILES string of the molecule is CCNC(=NCC(O)c1ccc(Cl)s1)NCCCc1ccccc1.I. The van der Waals surface area contributed by atoms with Crippen LogP contribution in [0.4, 0.5) is 0 Å². The van der Waals surface area contributed by atoms with E-state index < -0.39 is 6.10 Å². The highest BCUT2D eigenvalue weighted by Crippen LogP contribution is 2.26. The van der Waals surface area contributed by atoms with Crippen molar-refractivity contribution in [2.75, 3.05) is 19.6 Å². The second-order valence-electron chi connectivity index (χ2n) is 5.39. The van der Waals surface area contributed by atoms with Gasteiger partial charge >= 0.3 is 0 Å². The van der Waals surface area contributed by atoms with Crippen LogP contribution >= 0.6 is 46.9 Å². The Morgan fingerprint density at radius 1 is 1.20 bits per heavy atom. The van der Waals surface area contributed by atoms with Gasteiger partial charge in [-0.15, -0.1) is 35.3 Å². The van der Waals surface area contributed by atoms with E-state index in [-0.39, 0.29) is 24.0 Å². The highest BCUT2D eigenvalue weighted by molar-refractivity contribution is 14.0. The van der Waals surface area contributed by atoms with E-state index in [2.05, 4.69) is 39.9 Å². The van der Waals surface area contributed by atoms with E-state index in [0.717, 1.165) is 36.8 Å². The van der Waals surface area contributed by atoms with Crippen molar-refractivity contribution in [1.29, 1.82) is 0 Å². The summed E-state index contributed by atoms with van der Waals surface area (Å²) >= 11 is 7.28. The Kier molecular flexibility index (Phi) is 11.1. The van der Waals surface area contributed by atoms with Crippen molar-refractivity contribution in [1.82, 2.24) is 10.6 Å². The highest BCUT2D eigenvalue weighted by atomic mass is 127. The van der Waals surface area contributed by atoms with E-state index in [0.29, 0.717) is 10.9 Å². The van der Waals surface area contributed by atoms with Crippen molar-refractivity contribution in [2.45, 2.75) is 25.9 Å². The van der Waals surface area contributed by atoms with Crippen LogP contribution in [-0.2, 0) is 6.42 Å². The summed E-state index contributed by atoms with van der Waals surface area (Å²) in [5, 5.41) is 16.7. The zero-order valence-electron chi connectivity index (χ0n) is 14.2. The molecule has 0 aliphatic heterocycles. The Bertz CT molecular complexity index is 636. The lowest BCUT2D eigenvalue weighted by molar-refractivity contribution is 0.191. The van der Waals surface area contributed by atoms with Crippen molar-refractivity contribution in [2.24, 2.45) is 4.99 Å². The topological polar surface area (TPSA) is 56.7 Å². The van der Waals surface area contributed by atoms with Crippen LogP contribution in [0.15, 0.2) is 47.5 Å². The number of rotatable bonds is 8. The van der Waals surface area contributed by atoms with Gasteiger partial charge in [-0.2, -0.15) is 0 Å². The summed E-state index contributed by atoms with van der Waals surface area (Å²) in [6, 6.07) is 14.1. The van der Waals surface area contributed by atoms with Gasteiger partial charge in [0.2, 0.25) is 0 Å². The van der Waals surface area contributed by atoms with Gasteiger partial charge in [0.25, 0.3) is 0 Å². The van der Waals surface area contributed by atoms with E-state index in [1.807, 2.05) is 19.1 Å². The number of thiophene rings is 1. The molecule has 0 saturated heterocycles. The molecule has 0 amide bonds. The smallest absolute Gasteiger partial charge is 0.191 e. The molecule has 2 rings (SSSR count). The minimum absolute atomic E-state index is 0. The second kappa shape index (κ2) is 12.5. The number of nitrogens with zero attached hydrogens (tertiary/aromatic N) is 1. The maximum Gasteiger partial charge on any atom is 0.191 e. The van der Waals surface area contributed by atoms with Crippen LogP contribution in [0.2, 0.25) is 4.34 Å². The molecule has 0 fully saturated rings. The Morgan fingerprint density at radius 2 is 1.96 bits per heavy atom. The van der Waals surface area contributed by atoms with Gasteiger partial charge in [0, 0.05) is 18.0 Å². The van der Waals surface area contributed by atoms with Crippen LogP contribution in [0.3, 0.4) is 0 Å². The molecule has 0 saturated carbocycles. The standard InChI is InChI=1S/C18H24ClN3OS.HI/c1-2-20-18(21-12-6-9-14-7-4-3-5-8-14)22-13-15(23)16-10-11-17(19)24-16;/h3-5,7-8,10-11,15,23H,2,6,9,12-13H2,1H3,(H2,20,21,22);1H. The number of aliphatic hydroxyl groups is 1. The van der Waals surface area contributed by atoms with Gasteiger partial charge in [0.05, 0.1) is 10.9 Å². The zero-order chi connectivity index (χ0) is 17.2. The first-order valence-corrected chi connectivity index (χ1v) is 9.38. The minimum Gasteiger partial charge on any atom is -0.386 e. The van der Waals surface area contributed by atoms with E-state index in [4.69, 9.17) is 11.6 Å². The minimum atomic E-state index is -0.623. The average Bonchev–Trinajstić information content (AvgIpc) is 3.03. The molecule has 7 heteroatoms. The summed E-state index contributed by atoms with van der Waals surface area (Å²) in [5.41, 5.74) is 1.34. The maximum absolute atomic E-state index is 10.2. The third-order valence-corrected chi connectivity index (χ3v) is 4.80. The van der Waals surface area contributed by atoms with Crippen LogP contribution in [-0.4, -0.2) is 30.7 Å². The molecule has 1 heterocycles. The predicted octanol–water partition coefficient (Wildman–Crippen LogP) is 4.24. The summed E-state index contributed by atoms with van der Waals surface area (Å²) in [7, 11) is 0. The summed E-state index contributed by atoms with van der Waals surface area (Å²) in [6.07, 6.45) is 1.43. The number of benzene rings is 1. The number of hydrogen-bond acceptors (Lipinski definition) is 3. The third-order valence-electron chi connectivity index (χ3n) is 3.47. The summed E-state index contributed by atoms with van der Waals surface area (Å²) < 4.78 is 0.680. The molecule has 138 valence electrons. The van der Waals surface area contributed by atoms with Gasteiger partial charge in [-0.05, 0) is 37.5 Å². The molecule has 0 bridgehead atoms. The summed E-state index contributed by atoms with van der Waals surface area (Å²) in [6.45, 7) is 3.95. The van der Waals surface area contributed by atoms with Crippen molar-refractivity contribution in [3.63, 3.8) is 0 Å². The Balaban J connectivity index is 0.00000312. The van der Waals surface area contributed by atoms with Gasteiger partial charge in [0.1, 0.15) is 6.10 Å². The Hall–Kier alpha value is -0.830. The number of hydrogen-bond donors (Lipinski definition) is 3. The first kappa shape index (κ1) is 22.2. The second-order valence-corrected chi connectivity index (χ2v) is 7.14. The van der Waals surface area contributed by atoms with Gasteiger partial charge < -0.3 is 15.7 Å². The number of aryl methyl sites for hydroxylation is 1. The van der Waals surface area contributed by atoms with Crippen molar-refractivity contribution in [3.8, 4) is 0 Å². The lowest BCUT2D eigenvalue weighted by Gasteiger charge is -2.12. The first-order chi connectivity index (χ1) is 11.7. The molecular formula is C18H25ClIN3OS. The number of guanidine groups is 1. The maximum atomic E-state index is 10.2. The normalized spacial score (nSPS) is 12.4. The van der Waals surface area contributed by atoms with Gasteiger partial charge in [0.15, 0.2) is 5.96 Å². The third kappa shape index (κ3) is 8.40. The van der Waals surface area contributed by atoms with Crippen LogP contribution in [0.25, 0.3) is 0 Å². The molecule has 0 radical (unpaired) electrons. The van der Waals surface area contributed by atoms with Gasteiger partial charge in [-0.1, -0.05) is 41.9 Å². The van der Waals surface area contributed by atoms with E-state index in [1.165, 1.54) is 16.9 Å². The highest BCUT2D eigenvalue weighted by Gasteiger charge is 2.10.